The molecular weight excluding hydrogens is 353 g/mol. The fraction of sp³-hybridized carbons (Fsp3) is 0.381. The molecule has 1 aromatic heterocycles. The van der Waals surface area contributed by atoms with Crippen molar-refractivity contribution in [3.05, 3.63) is 59.8 Å². The predicted octanol–water partition coefficient (Wildman–Crippen LogP) is 6.49. The van der Waals surface area contributed by atoms with Crippen molar-refractivity contribution in [3.8, 4) is 5.75 Å². The molecule has 0 atom stereocenters. The zero-order valence-electron chi connectivity index (χ0n) is 16.5. The van der Waals surface area contributed by atoms with Gasteiger partial charge in [-0.1, -0.05) is 39.3 Å². The van der Waals surface area contributed by atoms with Crippen molar-refractivity contribution in [1.29, 1.82) is 0 Å². The van der Waals surface area contributed by atoms with Crippen molar-refractivity contribution in [1.82, 2.24) is 9.78 Å². The Bertz CT molecular complexity index is 808. The number of hydrogen-bond donors (Lipinski definition) is 0. The summed E-state index contributed by atoms with van der Waals surface area (Å²) in [6.07, 6.45) is -2.40. The molecule has 0 N–H and O–H groups in total. The van der Waals surface area contributed by atoms with Gasteiger partial charge in [-0.2, -0.15) is 18.3 Å². The third-order valence-corrected chi connectivity index (χ3v) is 3.48. The van der Waals surface area contributed by atoms with Crippen molar-refractivity contribution in [2.45, 2.75) is 47.3 Å². The Morgan fingerprint density at radius 3 is 2.19 bits per heavy atom. The van der Waals surface area contributed by atoms with Crippen molar-refractivity contribution in [2.24, 2.45) is 0 Å². The fourth-order valence-electron chi connectivity index (χ4n) is 2.31. The molecule has 2 aromatic carbocycles. The van der Waals surface area contributed by atoms with E-state index in [0.717, 1.165) is 28.6 Å². The standard InChI is InChI=1S/C17H15F3N2O.2C2H6/c1-12-2-7-16-13(10-12)11-22(21-16)8-9-23-15-5-3-14(4-6-15)17(18,19)20;2*1-2/h2-7,10-11H,8-9H2,1H3;2*1-2H3. The quantitative estimate of drug-likeness (QED) is 0.517. The average Bonchev–Trinajstić information content (AvgIpc) is 3.06. The van der Waals surface area contributed by atoms with E-state index in [1.165, 1.54) is 12.1 Å². The monoisotopic (exact) mass is 380 g/mol. The smallest absolute Gasteiger partial charge is 0.416 e. The summed E-state index contributed by atoms with van der Waals surface area (Å²) in [6.45, 7) is 10.9. The first-order valence-corrected chi connectivity index (χ1v) is 9.16. The van der Waals surface area contributed by atoms with Crippen LogP contribution in [0.5, 0.6) is 5.75 Å². The van der Waals surface area contributed by atoms with E-state index < -0.39 is 11.7 Å². The number of aryl methyl sites for hydroxylation is 1. The Balaban J connectivity index is 0.000000855. The van der Waals surface area contributed by atoms with Gasteiger partial charge in [0.15, 0.2) is 0 Å². The molecule has 0 amide bonds. The highest BCUT2D eigenvalue weighted by molar-refractivity contribution is 5.78. The second-order valence-electron chi connectivity index (χ2n) is 5.33. The second kappa shape index (κ2) is 10.6. The molecule has 3 nitrogen and oxygen atoms in total. The van der Waals surface area contributed by atoms with Gasteiger partial charge < -0.3 is 4.74 Å². The summed E-state index contributed by atoms with van der Waals surface area (Å²) >= 11 is 0. The van der Waals surface area contributed by atoms with Crippen molar-refractivity contribution >= 4 is 10.9 Å². The van der Waals surface area contributed by atoms with Crippen LogP contribution < -0.4 is 4.74 Å². The third kappa shape index (κ3) is 6.62. The number of ether oxygens (including phenoxy) is 1. The Hall–Kier alpha value is -2.50. The van der Waals surface area contributed by atoms with Gasteiger partial charge in [-0.25, -0.2) is 0 Å². The number of hydrogen-bond acceptors (Lipinski definition) is 2. The van der Waals surface area contributed by atoms with E-state index in [9.17, 15) is 13.2 Å². The number of aromatic nitrogens is 2. The van der Waals surface area contributed by atoms with Crippen molar-refractivity contribution in [2.75, 3.05) is 6.61 Å². The molecule has 0 aliphatic rings. The summed E-state index contributed by atoms with van der Waals surface area (Å²) in [4.78, 5) is 0. The summed E-state index contributed by atoms with van der Waals surface area (Å²) in [7, 11) is 0. The zero-order chi connectivity index (χ0) is 20.4. The van der Waals surface area contributed by atoms with Crippen LogP contribution in [0.1, 0.15) is 38.8 Å². The van der Waals surface area contributed by atoms with Crippen LogP contribution >= 0.6 is 0 Å². The summed E-state index contributed by atoms with van der Waals surface area (Å²) in [5.74, 6) is 0.408. The lowest BCUT2D eigenvalue weighted by Gasteiger charge is -2.09. The van der Waals surface area contributed by atoms with E-state index in [4.69, 9.17) is 4.74 Å². The van der Waals surface area contributed by atoms with Crippen LogP contribution in [-0.4, -0.2) is 16.4 Å². The van der Waals surface area contributed by atoms with E-state index in [-0.39, 0.29) is 0 Å². The lowest BCUT2D eigenvalue weighted by molar-refractivity contribution is -0.137. The van der Waals surface area contributed by atoms with Gasteiger partial charge in [-0.15, -0.1) is 0 Å². The van der Waals surface area contributed by atoms with Crippen LogP contribution in [0.2, 0.25) is 0 Å². The number of alkyl halides is 3. The minimum absolute atomic E-state index is 0.332. The summed E-state index contributed by atoms with van der Waals surface area (Å²) in [6, 6.07) is 10.7. The number of rotatable bonds is 4. The topological polar surface area (TPSA) is 27.1 Å². The molecule has 0 aliphatic carbocycles. The molecular formula is C21H27F3N2O. The fourth-order valence-corrected chi connectivity index (χ4v) is 2.31. The van der Waals surface area contributed by atoms with Crippen LogP contribution in [-0.2, 0) is 12.7 Å². The number of nitrogens with zero attached hydrogens (tertiary/aromatic N) is 2. The van der Waals surface area contributed by atoms with Gasteiger partial charge in [0.1, 0.15) is 12.4 Å². The first-order chi connectivity index (χ1) is 12.9. The Morgan fingerprint density at radius 2 is 1.59 bits per heavy atom. The van der Waals surface area contributed by atoms with Crippen LogP contribution in [0, 0.1) is 6.92 Å². The van der Waals surface area contributed by atoms with Crippen molar-refractivity contribution in [3.63, 3.8) is 0 Å². The van der Waals surface area contributed by atoms with Crippen LogP contribution in [0.25, 0.3) is 10.9 Å². The number of halogens is 3. The van der Waals surface area contributed by atoms with Gasteiger partial charge >= 0.3 is 6.18 Å². The minimum Gasteiger partial charge on any atom is -0.492 e. The molecule has 148 valence electrons. The molecule has 6 heteroatoms. The molecule has 0 radical (unpaired) electrons. The SMILES string of the molecule is CC.CC.Cc1ccc2nn(CCOc3ccc(C(F)(F)F)cc3)cc2c1. The summed E-state index contributed by atoms with van der Waals surface area (Å²) in [5, 5.41) is 5.47. The summed E-state index contributed by atoms with van der Waals surface area (Å²) in [5.41, 5.74) is 1.39. The molecule has 3 aromatic rings. The van der Waals surface area contributed by atoms with Gasteiger partial charge in [0.25, 0.3) is 0 Å². The molecule has 0 bridgehead atoms. The Labute approximate surface area is 158 Å². The van der Waals surface area contributed by atoms with Gasteiger partial charge in [0.05, 0.1) is 17.6 Å². The third-order valence-electron chi connectivity index (χ3n) is 3.48. The molecule has 0 saturated carbocycles. The zero-order valence-corrected chi connectivity index (χ0v) is 16.5. The van der Waals surface area contributed by atoms with Crippen LogP contribution in [0.4, 0.5) is 13.2 Å². The molecule has 0 fully saturated rings. The van der Waals surface area contributed by atoms with Gasteiger partial charge in [0.2, 0.25) is 0 Å². The normalized spacial score (nSPS) is 10.5. The number of benzene rings is 2. The molecule has 0 spiro atoms. The van der Waals surface area contributed by atoms with E-state index in [1.807, 2.05) is 52.9 Å². The number of fused-ring (bicyclic) bond motifs is 1. The maximum Gasteiger partial charge on any atom is 0.416 e. The Morgan fingerprint density at radius 1 is 0.963 bits per heavy atom. The maximum absolute atomic E-state index is 12.5. The maximum atomic E-state index is 12.5. The van der Waals surface area contributed by atoms with E-state index in [0.29, 0.717) is 18.9 Å². The molecule has 0 unspecified atom stereocenters. The van der Waals surface area contributed by atoms with Gasteiger partial charge in [-0.3, -0.25) is 4.68 Å². The molecule has 0 aliphatic heterocycles. The highest BCUT2D eigenvalue weighted by Crippen LogP contribution is 2.30. The van der Waals surface area contributed by atoms with Gasteiger partial charge in [-0.05, 0) is 43.3 Å². The summed E-state index contributed by atoms with van der Waals surface area (Å²) < 4.78 is 44.7. The lowest BCUT2D eigenvalue weighted by atomic mass is 10.2. The van der Waals surface area contributed by atoms with Gasteiger partial charge in [0, 0.05) is 11.6 Å². The van der Waals surface area contributed by atoms with Crippen LogP contribution in [0.3, 0.4) is 0 Å². The lowest BCUT2D eigenvalue weighted by Crippen LogP contribution is -2.09. The first kappa shape index (κ1) is 22.5. The Kier molecular flexibility index (Phi) is 8.85. The molecule has 3 rings (SSSR count). The largest absolute Gasteiger partial charge is 0.492 e. The van der Waals surface area contributed by atoms with E-state index in [1.54, 1.807) is 4.68 Å². The van der Waals surface area contributed by atoms with E-state index >= 15 is 0 Å². The molecule has 27 heavy (non-hydrogen) atoms. The molecule has 1 heterocycles. The van der Waals surface area contributed by atoms with E-state index in [2.05, 4.69) is 11.2 Å². The highest BCUT2D eigenvalue weighted by Gasteiger charge is 2.29. The van der Waals surface area contributed by atoms with Crippen LogP contribution in [0.15, 0.2) is 48.7 Å². The highest BCUT2D eigenvalue weighted by atomic mass is 19.4. The van der Waals surface area contributed by atoms with Crippen molar-refractivity contribution < 1.29 is 17.9 Å². The predicted molar refractivity (Wildman–Crippen MR) is 104 cm³/mol. The molecule has 0 saturated heterocycles. The second-order valence-corrected chi connectivity index (χ2v) is 5.33. The first-order valence-electron chi connectivity index (χ1n) is 9.16. The average molecular weight is 380 g/mol. The minimum atomic E-state index is -4.33.